The largest absolute Gasteiger partial charge is 0.324 e. The number of rotatable bonds is 3. The molecule has 0 bridgehead atoms. The molecule has 1 heterocycles. The molecule has 0 aliphatic carbocycles. The molecule has 26 heavy (non-hydrogen) atoms. The van der Waals surface area contributed by atoms with E-state index >= 15 is 0 Å². The second-order valence-corrected chi connectivity index (χ2v) is 8.47. The van der Waals surface area contributed by atoms with Crippen LogP contribution in [0.5, 0.6) is 0 Å². The van der Waals surface area contributed by atoms with E-state index in [0.717, 1.165) is 9.69 Å². The highest BCUT2D eigenvalue weighted by Crippen LogP contribution is 2.41. The second kappa shape index (κ2) is 6.16. The molecule has 5 nitrogen and oxygen atoms in total. The zero-order chi connectivity index (χ0) is 18.5. The number of sulfonamides is 1. The van der Waals surface area contributed by atoms with Crippen molar-refractivity contribution in [1.82, 2.24) is 0 Å². The number of hydrogen-bond acceptors (Lipinski definition) is 3. The first kappa shape index (κ1) is 17.1. The van der Waals surface area contributed by atoms with Crippen molar-refractivity contribution in [3.63, 3.8) is 0 Å². The summed E-state index contributed by atoms with van der Waals surface area (Å²) in [5.74, 6) is -0.475. The Morgan fingerprint density at radius 1 is 1.00 bits per heavy atom. The number of nitrogens with one attached hydrogen (secondary N) is 1. The third-order valence-corrected chi connectivity index (χ3v) is 6.71. The smallest absolute Gasteiger partial charge is 0.265 e. The van der Waals surface area contributed by atoms with Gasteiger partial charge in [0.25, 0.3) is 10.0 Å². The molecule has 3 aromatic rings. The Morgan fingerprint density at radius 2 is 1.73 bits per heavy atom. The number of nitrogens with zero attached hydrogens (tertiary/aromatic N) is 1. The highest BCUT2D eigenvalue weighted by Gasteiger charge is 2.36. The van der Waals surface area contributed by atoms with Crippen LogP contribution in [0.4, 0.5) is 11.4 Å². The number of carbonyl (C=O) groups excluding carboxylic acids is 1. The van der Waals surface area contributed by atoms with Crippen LogP contribution in [0, 0.1) is 0 Å². The van der Waals surface area contributed by atoms with Gasteiger partial charge in [0.05, 0.1) is 20.6 Å². The first-order valence-electron chi connectivity index (χ1n) is 7.67. The van der Waals surface area contributed by atoms with Gasteiger partial charge in [-0.3, -0.25) is 9.10 Å². The third kappa shape index (κ3) is 2.70. The summed E-state index contributed by atoms with van der Waals surface area (Å²) in [4.78, 5) is 12.6. The molecule has 0 saturated heterocycles. The number of amides is 1. The van der Waals surface area contributed by atoms with Gasteiger partial charge in [0.15, 0.2) is 0 Å². The molecular formula is C18H12Cl2N2O3S. The predicted molar refractivity (Wildman–Crippen MR) is 104 cm³/mol. The lowest BCUT2D eigenvalue weighted by atomic mass is 10.1. The van der Waals surface area contributed by atoms with E-state index in [1.165, 1.54) is 6.07 Å². The van der Waals surface area contributed by atoms with E-state index in [9.17, 15) is 13.2 Å². The van der Waals surface area contributed by atoms with Gasteiger partial charge in [0.2, 0.25) is 5.91 Å². The summed E-state index contributed by atoms with van der Waals surface area (Å²) >= 11 is 11.8. The fourth-order valence-electron chi connectivity index (χ4n) is 3.03. The summed E-state index contributed by atoms with van der Waals surface area (Å²) in [6, 6.07) is 15.1. The molecule has 3 aromatic carbocycles. The minimum Gasteiger partial charge on any atom is -0.324 e. The lowest BCUT2D eigenvalue weighted by Gasteiger charge is -2.18. The number of benzene rings is 3. The van der Waals surface area contributed by atoms with Gasteiger partial charge in [0.1, 0.15) is 6.54 Å². The standard InChI is InChI=1S/C18H12Cl2N2O3S/c19-13-8-7-12(9-14(13)20)21-17(23)10-22-15-5-1-3-11-4-2-6-16(18(11)15)26(22,24)25/h1-9H,10H2,(H,21,23). The van der Waals surface area contributed by atoms with Crippen molar-refractivity contribution < 1.29 is 13.2 Å². The van der Waals surface area contributed by atoms with Gasteiger partial charge in [-0.05, 0) is 35.7 Å². The van der Waals surface area contributed by atoms with Gasteiger partial charge in [-0.25, -0.2) is 8.42 Å². The zero-order valence-corrected chi connectivity index (χ0v) is 15.6. The monoisotopic (exact) mass is 406 g/mol. The highest BCUT2D eigenvalue weighted by atomic mass is 35.5. The van der Waals surface area contributed by atoms with E-state index in [4.69, 9.17) is 23.2 Å². The van der Waals surface area contributed by atoms with Crippen molar-refractivity contribution >= 4 is 61.3 Å². The molecule has 1 N–H and O–H groups in total. The van der Waals surface area contributed by atoms with Gasteiger partial charge >= 0.3 is 0 Å². The van der Waals surface area contributed by atoms with Crippen LogP contribution in [0.1, 0.15) is 0 Å². The molecule has 0 radical (unpaired) electrons. The Kier molecular flexibility index (Phi) is 4.06. The summed E-state index contributed by atoms with van der Waals surface area (Å²) in [5, 5.41) is 4.77. The lowest BCUT2D eigenvalue weighted by Crippen LogP contribution is -2.35. The fraction of sp³-hybridized carbons (Fsp3) is 0.0556. The third-order valence-electron chi connectivity index (χ3n) is 4.17. The molecule has 1 aliphatic rings. The average Bonchev–Trinajstić information content (AvgIpc) is 2.82. The van der Waals surface area contributed by atoms with Crippen LogP contribution < -0.4 is 9.62 Å². The molecule has 8 heteroatoms. The van der Waals surface area contributed by atoms with Crippen LogP contribution in [-0.2, 0) is 14.8 Å². The fourth-order valence-corrected chi connectivity index (χ4v) is 5.00. The van der Waals surface area contributed by atoms with E-state index in [-0.39, 0.29) is 11.4 Å². The molecule has 0 atom stereocenters. The Hall–Kier alpha value is -2.28. The lowest BCUT2D eigenvalue weighted by molar-refractivity contribution is -0.114. The molecule has 0 spiro atoms. The van der Waals surface area contributed by atoms with Crippen LogP contribution in [0.2, 0.25) is 10.0 Å². The van der Waals surface area contributed by atoms with Crippen molar-refractivity contribution in [3.8, 4) is 0 Å². The first-order chi connectivity index (χ1) is 12.4. The van der Waals surface area contributed by atoms with Crippen molar-refractivity contribution in [2.24, 2.45) is 0 Å². The van der Waals surface area contributed by atoms with Gasteiger partial charge in [-0.2, -0.15) is 0 Å². The minimum absolute atomic E-state index is 0.216. The topological polar surface area (TPSA) is 66.5 Å². The number of carbonyl (C=O) groups is 1. The maximum absolute atomic E-state index is 12.9. The number of hydrogen-bond donors (Lipinski definition) is 1. The quantitative estimate of drug-likeness (QED) is 0.704. The van der Waals surface area contributed by atoms with E-state index < -0.39 is 15.9 Å². The highest BCUT2D eigenvalue weighted by molar-refractivity contribution is 7.93. The van der Waals surface area contributed by atoms with Crippen molar-refractivity contribution in [2.75, 3.05) is 16.2 Å². The molecule has 0 aromatic heterocycles. The molecule has 4 rings (SSSR count). The molecule has 0 fully saturated rings. The van der Waals surface area contributed by atoms with Gasteiger partial charge in [-0.1, -0.05) is 47.5 Å². The Morgan fingerprint density at radius 3 is 2.46 bits per heavy atom. The van der Waals surface area contributed by atoms with Crippen LogP contribution in [0.3, 0.4) is 0 Å². The normalized spacial score (nSPS) is 14.6. The zero-order valence-electron chi connectivity index (χ0n) is 13.2. The molecule has 132 valence electrons. The summed E-state index contributed by atoms with van der Waals surface area (Å²) in [7, 11) is -3.78. The molecular weight excluding hydrogens is 395 g/mol. The Labute approximate surface area is 160 Å². The minimum atomic E-state index is -3.78. The molecule has 1 aliphatic heterocycles. The molecule has 0 saturated carbocycles. The Bertz CT molecular complexity index is 1160. The maximum atomic E-state index is 12.9. The number of anilines is 2. The SMILES string of the molecule is O=C(CN1c2cccc3cccc(c23)S1(=O)=O)Nc1ccc(Cl)c(Cl)c1. The molecule has 0 unspecified atom stereocenters. The van der Waals surface area contributed by atoms with E-state index in [2.05, 4.69) is 5.32 Å². The van der Waals surface area contributed by atoms with E-state index in [1.54, 1.807) is 36.4 Å². The van der Waals surface area contributed by atoms with Crippen molar-refractivity contribution in [2.45, 2.75) is 4.90 Å². The van der Waals surface area contributed by atoms with Crippen LogP contribution in [-0.4, -0.2) is 20.9 Å². The van der Waals surface area contributed by atoms with Crippen molar-refractivity contribution in [3.05, 3.63) is 64.6 Å². The van der Waals surface area contributed by atoms with Gasteiger partial charge in [0, 0.05) is 11.1 Å². The van der Waals surface area contributed by atoms with Crippen LogP contribution in [0.25, 0.3) is 10.8 Å². The predicted octanol–water partition coefficient (Wildman–Crippen LogP) is 4.29. The Balaban J connectivity index is 1.65. The van der Waals surface area contributed by atoms with Gasteiger partial charge in [-0.15, -0.1) is 0 Å². The van der Waals surface area contributed by atoms with E-state index in [0.29, 0.717) is 26.8 Å². The second-order valence-electron chi connectivity index (χ2n) is 5.82. The van der Waals surface area contributed by atoms with Crippen LogP contribution >= 0.6 is 23.2 Å². The summed E-state index contributed by atoms with van der Waals surface area (Å²) in [6.07, 6.45) is 0. The summed E-state index contributed by atoms with van der Waals surface area (Å²) in [6.45, 7) is -0.337. The maximum Gasteiger partial charge on any atom is 0.265 e. The summed E-state index contributed by atoms with van der Waals surface area (Å²) < 4.78 is 26.8. The first-order valence-corrected chi connectivity index (χ1v) is 9.87. The molecule has 1 amide bonds. The van der Waals surface area contributed by atoms with Gasteiger partial charge < -0.3 is 5.32 Å². The summed E-state index contributed by atoms with van der Waals surface area (Å²) in [5.41, 5.74) is 0.944. The number of halogens is 2. The average molecular weight is 407 g/mol. The van der Waals surface area contributed by atoms with Crippen LogP contribution in [0.15, 0.2) is 59.5 Å². The van der Waals surface area contributed by atoms with E-state index in [1.807, 2.05) is 12.1 Å². The van der Waals surface area contributed by atoms with Crippen molar-refractivity contribution in [1.29, 1.82) is 0 Å².